The fraction of sp³-hybridized carbons (Fsp3) is 0.571. The third-order valence-corrected chi connectivity index (χ3v) is 4.21. The predicted octanol–water partition coefficient (Wildman–Crippen LogP) is 2.61. The van der Waals surface area contributed by atoms with Crippen molar-refractivity contribution in [2.45, 2.75) is 25.4 Å². The molecule has 2 N–H and O–H groups in total. The van der Waals surface area contributed by atoms with Crippen molar-refractivity contribution in [1.29, 1.82) is 0 Å². The van der Waals surface area contributed by atoms with E-state index in [9.17, 15) is 0 Å². The monoisotopic (exact) mass is 311 g/mol. The molecule has 0 aliphatic carbocycles. The predicted molar refractivity (Wildman–Crippen MR) is 81.0 cm³/mol. The lowest BCUT2D eigenvalue weighted by Crippen LogP contribution is -2.32. The van der Waals surface area contributed by atoms with E-state index in [4.69, 9.17) is 5.73 Å². The molecule has 18 heavy (non-hydrogen) atoms. The van der Waals surface area contributed by atoms with Crippen LogP contribution in [0.5, 0.6) is 0 Å². The van der Waals surface area contributed by atoms with Gasteiger partial charge in [0.1, 0.15) is 0 Å². The van der Waals surface area contributed by atoms with Crippen molar-refractivity contribution >= 4 is 21.6 Å². The second-order valence-electron chi connectivity index (χ2n) is 5.34. The van der Waals surface area contributed by atoms with Crippen LogP contribution in [0.15, 0.2) is 22.7 Å². The number of hydrogen-bond acceptors (Lipinski definition) is 3. The molecule has 4 heteroatoms. The molecule has 1 fully saturated rings. The van der Waals surface area contributed by atoms with Crippen LogP contribution in [0.2, 0.25) is 0 Å². The topological polar surface area (TPSA) is 32.5 Å². The minimum atomic E-state index is 0.0755. The number of likely N-dealkylation sites (N-methyl/N-ethyl adjacent to an activating group) is 1. The molecule has 0 amide bonds. The van der Waals surface area contributed by atoms with Gasteiger partial charge in [0.15, 0.2) is 0 Å². The Kier molecular flexibility index (Phi) is 4.30. The van der Waals surface area contributed by atoms with Gasteiger partial charge in [-0.05, 0) is 45.1 Å². The van der Waals surface area contributed by atoms with Gasteiger partial charge < -0.3 is 15.5 Å². The Labute approximate surface area is 118 Å². The summed E-state index contributed by atoms with van der Waals surface area (Å²) < 4.78 is 1.12. The average molecular weight is 312 g/mol. The summed E-state index contributed by atoms with van der Waals surface area (Å²) in [5.74, 6) is 0. The molecule has 1 saturated heterocycles. The Morgan fingerprint density at radius 1 is 1.44 bits per heavy atom. The van der Waals surface area contributed by atoms with Crippen molar-refractivity contribution in [3.63, 3.8) is 0 Å². The van der Waals surface area contributed by atoms with Crippen molar-refractivity contribution in [3.8, 4) is 0 Å². The molecular formula is C14H22BrN3. The van der Waals surface area contributed by atoms with E-state index in [1.165, 1.54) is 17.7 Å². The Hall–Kier alpha value is -0.580. The quantitative estimate of drug-likeness (QED) is 0.931. The molecule has 100 valence electrons. The first-order chi connectivity index (χ1) is 8.49. The van der Waals surface area contributed by atoms with Crippen LogP contribution in [0.4, 0.5) is 5.69 Å². The lowest BCUT2D eigenvalue weighted by atomic mass is 10.1. The van der Waals surface area contributed by atoms with Crippen LogP contribution >= 0.6 is 15.9 Å². The number of nitrogens with two attached hydrogens (primary N) is 1. The highest BCUT2D eigenvalue weighted by atomic mass is 79.9. The molecule has 2 atom stereocenters. The van der Waals surface area contributed by atoms with Crippen molar-refractivity contribution in [2.24, 2.45) is 5.73 Å². The highest BCUT2D eigenvalue weighted by Gasteiger charge is 2.26. The third-order valence-electron chi connectivity index (χ3n) is 3.72. The fourth-order valence-electron chi connectivity index (χ4n) is 2.56. The van der Waals surface area contributed by atoms with Crippen molar-refractivity contribution in [1.82, 2.24) is 4.90 Å². The first-order valence-corrected chi connectivity index (χ1v) is 7.24. The molecule has 1 heterocycles. The van der Waals surface area contributed by atoms with Crippen LogP contribution in [-0.2, 0) is 0 Å². The zero-order valence-corrected chi connectivity index (χ0v) is 12.9. The van der Waals surface area contributed by atoms with Crippen LogP contribution < -0.4 is 10.6 Å². The molecule has 0 radical (unpaired) electrons. The fourth-order valence-corrected chi connectivity index (χ4v) is 2.91. The van der Waals surface area contributed by atoms with Crippen LogP contribution in [0.3, 0.4) is 0 Å². The van der Waals surface area contributed by atoms with Crippen LogP contribution in [0.1, 0.15) is 24.9 Å². The molecule has 2 rings (SSSR count). The van der Waals surface area contributed by atoms with E-state index in [0.29, 0.717) is 6.04 Å². The van der Waals surface area contributed by atoms with Gasteiger partial charge in [0.25, 0.3) is 0 Å². The van der Waals surface area contributed by atoms with Crippen molar-refractivity contribution in [2.75, 3.05) is 32.1 Å². The van der Waals surface area contributed by atoms with E-state index >= 15 is 0 Å². The first kappa shape index (κ1) is 13.8. The molecular weight excluding hydrogens is 290 g/mol. The number of halogens is 1. The summed E-state index contributed by atoms with van der Waals surface area (Å²) in [6.07, 6.45) is 1.22. The van der Waals surface area contributed by atoms with Crippen molar-refractivity contribution < 1.29 is 0 Å². The van der Waals surface area contributed by atoms with E-state index in [1.807, 2.05) is 6.92 Å². The summed E-state index contributed by atoms with van der Waals surface area (Å²) in [7, 11) is 4.31. The van der Waals surface area contributed by atoms with Gasteiger partial charge in [-0.1, -0.05) is 22.0 Å². The largest absolute Gasteiger partial charge is 0.370 e. The molecule has 1 aliphatic heterocycles. The SMILES string of the molecule is CC(N)c1ccc(Br)cc1N1CCC(N(C)C)C1. The van der Waals surface area contributed by atoms with Crippen molar-refractivity contribution in [3.05, 3.63) is 28.2 Å². The summed E-state index contributed by atoms with van der Waals surface area (Å²) in [5.41, 5.74) is 8.59. The smallest absolute Gasteiger partial charge is 0.0426 e. The van der Waals surface area contributed by atoms with Crippen LogP contribution in [0.25, 0.3) is 0 Å². The van der Waals surface area contributed by atoms with Gasteiger partial charge in [0.05, 0.1) is 0 Å². The lowest BCUT2D eigenvalue weighted by molar-refractivity contribution is 0.315. The maximum absolute atomic E-state index is 6.07. The maximum Gasteiger partial charge on any atom is 0.0426 e. The Balaban J connectivity index is 2.25. The summed E-state index contributed by atoms with van der Waals surface area (Å²) >= 11 is 3.56. The molecule has 0 bridgehead atoms. The van der Waals surface area contributed by atoms with Gasteiger partial charge in [0, 0.05) is 35.3 Å². The Morgan fingerprint density at radius 2 is 2.17 bits per heavy atom. The number of hydrogen-bond donors (Lipinski definition) is 1. The lowest BCUT2D eigenvalue weighted by Gasteiger charge is -2.25. The van der Waals surface area contributed by atoms with Gasteiger partial charge in [-0.3, -0.25) is 0 Å². The van der Waals surface area contributed by atoms with Gasteiger partial charge in [-0.25, -0.2) is 0 Å². The van der Waals surface area contributed by atoms with Gasteiger partial charge in [-0.2, -0.15) is 0 Å². The highest BCUT2D eigenvalue weighted by Crippen LogP contribution is 2.31. The van der Waals surface area contributed by atoms with E-state index in [0.717, 1.165) is 17.6 Å². The third kappa shape index (κ3) is 2.87. The molecule has 3 nitrogen and oxygen atoms in total. The highest BCUT2D eigenvalue weighted by molar-refractivity contribution is 9.10. The summed E-state index contributed by atoms with van der Waals surface area (Å²) in [4.78, 5) is 4.76. The maximum atomic E-state index is 6.07. The number of benzene rings is 1. The van der Waals surface area contributed by atoms with Gasteiger partial charge >= 0.3 is 0 Å². The molecule has 1 aliphatic rings. The van der Waals surface area contributed by atoms with Crippen LogP contribution in [-0.4, -0.2) is 38.1 Å². The zero-order valence-electron chi connectivity index (χ0n) is 11.4. The minimum absolute atomic E-state index is 0.0755. The normalized spacial score (nSPS) is 21.7. The van der Waals surface area contributed by atoms with Crippen LogP contribution in [0, 0.1) is 0 Å². The molecule has 2 unspecified atom stereocenters. The van der Waals surface area contributed by atoms with E-state index < -0.39 is 0 Å². The minimum Gasteiger partial charge on any atom is -0.370 e. The second kappa shape index (κ2) is 5.59. The number of anilines is 1. The summed E-state index contributed by atoms with van der Waals surface area (Å²) in [6.45, 7) is 4.24. The zero-order chi connectivity index (χ0) is 13.3. The van der Waals surface area contributed by atoms with Gasteiger partial charge in [-0.15, -0.1) is 0 Å². The number of nitrogens with zero attached hydrogens (tertiary/aromatic N) is 2. The molecule has 0 aromatic heterocycles. The van der Waals surface area contributed by atoms with E-state index in [2.05, 4.69) is 58.0 Å². The molecule has 1 aromatic rings. The van der Waals surface area contributed by atoms with E-state index in [-0.39, 0.29) is 6.04 Å². The first-order valence-electron chi connectivity index (χ1n) is 6.45. The molecule has 0 saturated carbocycles. The average Bonchev–Trinajstić information content (AvgIpc) is 2.77. The summed E-state index contributed by atoms with van der Waals surface area (Å²) in [6, 6.07) is 7.11. The molecule has 1 aromatic carbocycles. The van der Waals surface area contributed by atoms with Gasteiger partial charge in [0.2, 0.25) is 0 Å². The summed E-state index contributed by atoms with van der Waals surface area (Å²) in [5, 5.41) is 0. The number of rotatable bonds is 3. The Morgan fingerprint density at radius 3 is 2.72 bits per heavy atom. The Bertz CT molecular complexity index is 418. The standard InChI is InChI=1S/C14H22BrN3/c1-10(16)13-5-4-11(15)8-14(13)18-7-6-12(9-18)17(2)3/h4-5,8,10,12H,6-7,9,16H2,1-3H3. The van der Waals surface area contributed by atoms with E-state index in [1.54, 1.807) is 0 Å². The molecule has 0 spiro atoms. The second-order valence-corrected chi connectivity index (χ2v) is 6.26.